The third kappa shape index (κ3) is 9.24. The maximum Gasteiger partial charge on any atom is -0.0412 e. The first-order chi connectivity index (χ1) is 7.45. The summed E-state index contributed by atoms with van der Waals surface area (Å²) in [5.74, 6) is 3.65. The van der Waals surface area contributed by atoms with Gasteiger partial charge in [-0.25, -0.2) is 0 Å². The first kappa shape index (κ1) is 16.0. The monoisotopic (exact) mass is 226 g/mol. The van der Waals surface area contributed by atoms with E-state index in [1.165, 1.54) is 38.5 Å². The van der Waals surface area contributed by atoms with Crippen molar-refractivity contribution >= 4 is 0 Å². The van der Waals surface area contributed by atoms with E-state index in [1.54, 1.807) is 0 Å². The molecule has 0 aliphatic rings. The molecule has 0 saturated heterocycles. The van der Waals surface area contributed by atoms with Gasteiger partial charge < -0.3 is 0 Å². The zero-order valence-corrected chi connectivity index (χ0v) is 12.6. The third-order valence-corrected chi connectivity index (χ3v) is 3.46. The first-order valence-electron chi connectivity index (χ1n) is 7.45. The topological polar surface area (TPSA) is 0 Å². The highest BCUT2D eigenvalue weighted by molar-refractivity contribution is 4.66. The predicted octanol–water partition coefficient (Wildman–Crippen LogP) is 5.91. The van der Waals surface area contributed by atoms with Gasteiger partial charge in [-0.15, -0.1) is 0 Å². The van der Waals surface area contributed by atoms with E-state index < -0.39 is 0 Å². The second-order valence-electron chi connectivity index (χ2n) is 6.60. The Balaban J connectivity index is 3.90. The second kappa shape index (κ2) is 9.07. The minimum absolute atomic E-state index is 0.863. The van der Waals surface area contributed by atoms with Crippen LogP contribution in [0.25, 0.3) is 0 Å². The van der Waals surface area contributed by atoms with E-state index >= 15 is 0 Å². The first-order valence-corrected chi connectivity index (χ1v) is 7.45. The molecule has 0 saturated carbocycles. The van der Waals surface area contributed by atoms with Crippen LogP contribution in [0.4, 0.5) is 0 Å². The lowest BCUT2D eigenvalue weighted by Crippen LogP contribution is -2.10. The van der Waals surface area contributed by atoms with E-state index in [4.69, 9.17) is 0 Å². The smallest absolute Gasteiger partial charge is 0.0412 e. The Morgan fingerprint density at radius 1 is 0.688 bits per heavy atom. The lowest BCUT2D eigenvalue weighted by atomic mass is 9.84. The van der Waals surface area contributed by atoms with Gasteiger partial charge in [-0.1, -0.05) is 67.2 Å². The molecule has 0 aliphatic carbocycles. The Labute approximate surface area is 104 Å². The highest BCUT2D eigenvalue weighted by atomic mass is 14.2. The van der Waals surface area contributed by atoms with Gasteiger partial charge in [0.05, 0.1) is 0 Å². The van der Waals surface area contributed by atoms with Gasteiger partial charge in [0.25, 0.3) is 0 Å². The molecule has 0 aromatic heterocycles. The van der Waals surface area contributed by atoms with E-state index in [0.29, 0.717) is 0 Å². The Bertz CT molecular complexity index is 146. The average molecular weight is 226 g/mol. The molecule has 0 amide bonds. The molecule has 0 bridgehead atoms. The van der Waals surface area contributed by atoms with Crippen molar-refractivity contribution in [1.82, 2.24) is 0 Å². The van der Waals surface area contributed by atoms with Gasteiger partial charge in [0.1, 0.15) is 0 Å². The maximum absolute atomic E-state index is 2.44. The molecule has 98 valence electrons. The van der Waals surface area contributed by atoms with Crippen molar-refractivity contribution in [3.05, 3.63) is 0 Å². The summed E-state index contributed by atoms with van der Waals surface area (Å²) in [6.07, 6.45) is 8.53. The Kier molecular flexibility index (Phi) is 9.07. The summed E-state index contributed by atoms with van der Waals surface area (Å²) >= 11 is 0. The zero-order chi connectivity index (χ0) is 12.6. The van der Waals surface area contributed by atoms with Crippen LogP contribution in [0.15, 0.2) is 0 Å². The average Bonchev–Trinajstić information content (AvgIpc) is 2.13. The van der Waals surface area contributed by atoms with Crippen LogP contribution in [0.2, 0.25) is 0 Å². The number of hydrogen-bond acceptors (Lipinski definition) is 0. The molecule has 0 radical (unpaired) electrons. The molecular formula is C16H34. The van der Waals surface area contributed by atoms with Crippen LogP contribution >= 0.6 is 0 Å². The van der Waals surface area contributed by atoms with Crippen LogP contribution < -0.4 is 0 Å². The molecule has 0 heterocycles. The Morgan fingerprint density at radius 2 is 1.31 bits per heavy atom. The van der Waals surface area contributed by atoms with Gasteiger partial charge >= 0.3 is 0 Å². The molecule has 2 unspecified atom stereocenters. The SMILES string of the molecule is CCCC(CCC(C)C)CC(C)CC(C)C. The molecule has 0 N–H and O–H groups in total. The molecule has 0 fully saturated rings. The van der Waals surface area contributed by atoms with Crippen LogP contribution in [0.5, 0.6) is 0 Å². The summed E-state index contributed by atoms with van der Waals surface area (Å²) in [6.45, 7) is 14.2. The lowest BCUT2D eigenvalue weighted by Gasteiger charge is -2.22. The normalized spacial score (nSPS) is 15.8. The van der Waals surface area contributed by atoms with Crippen LogP contribution in [0.3, 0.4) is 0 Å². The quantitative estimate of drug-likeness (QED) is 0.458. The standard InChI is InChI=1S/C16H34/c1-7-8-16(10-9-13(2)3)12-15(6)11-14(4)5/h13-16H,7-12H2,1-6H3. The summed E-state index contributed by atoms with van der Waals surface area (Å²) in [6, 6.07) is 0. The highest BCUT2D eigenvalue weighted by Crippen LogP contribution is 2.27. The van der Waals surface area contributed by atoms with Crippen molar-refractivity contribution in [2.75, 3.05) is 0 Å². The molecule has 0 rings (SSSR count). The Hall–Kier alpha value is 0. The number of rotatable bonds is 9. The second-order valence-corrected chi connectivity index (χ2v) is 6.60. The molecule has 0 aliphatic heterocycles. The fourth-order valence-corrected chi connectivity index (χ4v) is 2.83. The maximum atomic E-state index is 2.44. The molecule has 0 spiro atoms. The van der Waals surface area contributed by atoms with E-state index in [9.17, 15) is 0 Å². The summed E-state index contributed by atoms with van der Waals surface area (Å²) in [4.78, 5) is 0. The van der Waals surface area contributed by atoms with Crippen LogP contribution in [0, 0.1) is 23.7 Å². The van der Waals surface area contributed by atoms with Crippen LogP contribution in [0.1, 0.15) is 80.1 Å². The molecule has 16 heavy (non-hydrogen) atoms. The van der Waals surface area contributed by atoms with Gasteiger partial charge in [0.2, 0.25) is 0 Å². The fourth-order valence-electron chi connectivity index (χ4n) is 2.83. The van der Waals surface area contributed by atoms with Crippen LogP contribution in [-0.4, -0.2) is 0 Å². The molecule has 0 aromatic carbocycles. The van der Waals surface area contributed by atoms with Crippen LogP contribution in [-0.2, 0) is 0 Å². The lowest BCUT2D eigenvalue weighted by molar-refractivity contribution is 0.298. The summed E-state index contributed by atoms with van der Waals surface area (Å²) < 4.78 is 0. The highest BCUT2D eigenvalue weighted by Gasteiger charge is 2.14. The molecule has 2 atom stereocenters. The predicted molar refractivity (Wildman–Crippen MR) is 75.7 cm³/mol. The van der Waals surface area contributed by atoms with E-state index in [1.807, 2.05) is 0 Å². The third-order valence-electron chi connectivity index (χ3n) is 3.46. The van der Waals surface area contributed by atoms with Crippen molar-refractivity contribution in [2.24, 2.45) is 23.7 Å². The minimum atomic E-state index is 0.863. The molecule has 0 aromatic rings. The zero-order valence-electron chi connectivity index (χ0n) is 12.6. The van der Waals surface area contributed by atoms with Gasteiger partial charge in [0.15, 0.2) is 0 Å². The van der Waals surface area contributed by atoms with Crippen molar-refractivity contribution in [2.45, 2.75) is 80.1 Å². The molecular weight excluding hydrogens is 192 g/mol. The summed E-state index contributed by atoms with van der Waals surface area (Å²) in [7, 11) is 0. The van der Waals surface area contributed by atoms with Gasteiger partial charge in [-0.05, 0) is 36.5 Å². The summed E-state index contributed by atoms with van der Waals surface area (Å²) in [5, 5.41) is 0. The van der Waals surface area contributed by atoms with Gasteiger partial charge in [0, 0.05) is 0 Å². The van der Waals surface area contributed by atoms with Crippen molar-refractivity contribution in [3.8, 4) is 0 Å². The van der Waals surface area contributed by atoms with E-state index in [0.717, 1.165) is 23.7 Å². The van der Waals surface area contributed by atoms with Crippen molar-refractivity contribution in [3.63, 3.8) is 0 Å². The van der Waals surface area contributed by atoms with E-state index in [-0.39, 0.29) is 0 Å². The Morgan fingerprint density at radius 3 is 1.75 bits per heavy atom. The molecule has 0 nitrogen and oxygen atoms in total. The fraction of sp³-hybridized carbons (Fsp3) is 1.00. The van der Waals surface area contributed by atoms with Gasteiger partial charge in [-0.2, -0.15) is 0 Å². The van der Waals surface area contributed by atoms with Crippen molar-refractivity contribution in [1.29, 1.82) is 0 Å². The largest absolute Gasteiger partial charge is 0.0654 e. The summed E-state index contributed by atoms with van der Waals surface area (Å²) in [5.41, 5.74) is 0. The van der Waals surface area contributed by atoms with Crippen molar-refractivity contribution < 1.29 is 0 Å². The van der Waals surface area contributed by atoms with E-state index in [2.05, 4.69) is 41.5 Å². The molecule has 0 heteroatoms. The number of hydrogen-bond donors (Lipinski definition) is 0. The minimum Gasteiger partial charge on any atom is -0.0654 e. The van der Waals surface area contributed by atoms with Gasteiger partial charge in [-0.3, -0.25) is 0 Å².